The van der Waals surface area contributed by atoms with E-state index in [9.17, 15) is 0 Å². The molecular weight excluding hydrogens is 339 g/mol. The van der Waals surface area contributed by atoms with E-state index in [1.54, 1.807) is 0 Å². The summed E-state index contributed by atoms with van der Waals surface area (Å²) in [4.78, 5) is 0. The van der Waals surface area contributed by atoms with Crippen LogP contribution in [0.15, 0.2) is 0 Å². The first-order chi connectivity index (χ1) is 9.90. The van der Waals surface area contributed by atoms with Gasteiger partial charge in [-0.15, -0.1) is 0 Å². The number of thioether (sulfide) groups is 1. The van der Waals surface area contributed by atoms with Gasteiger partial charge in [-0.3, -0.25) is 0 Å². The molecule has 134 valence electrons. The Balaban J connectivity index is 3.89. The second kappa shape index (κ2) is 10.0. The van der Waals surface area contributed by atoms with Gasteiger partial charge in [0.15, 0.2) is 8.32 Å². The van der Waals surface area contributed by atoms with E-state index in [1.165, 1.54) is 36.9 Å². The predicted octanol–water partition coefficient (Wildman–Crippen LogP) is 5.71. The van der Waals surface area contributed by atoms with E-state index >= 15 is 0 Å². The molecule has 0 N–H and O–H groups in total. The lowest BCUT2D eigenvalue weighted by Crippen LogP contribution is -2.59. The van der Waals surface area contributed by atoms with Crippen molar-refractivity contribution in [2.45, 2.75) is 78.2 Å². The van der Waals surface area contributed by atoms with Crippen LogP contribution in [0, 0.1) is 0 Å². The Morgan fingerprint density at radius 2 is 1.32 bits per heavy atom. The van der Waals surface area contributed by atoms with Gasteiger partial charge in [0.25, 0.3) is 0 Å². The minimum atomic E-state index is -1.35. The number of rotatable bonds is 12. The molecule has 0 saturated carbocycles. The van der Waals surface area contributed by atoms with Crippen LogP contribution in [0.25, 0.3) is 0 Å². The summed E-state index contributed by atoms with van der Waals surface area (Å²) in [6.45, 7) is 24.0. The molecule has 0 radical (unpaired) electrons. The summed E-state index contributed by atoms with van der Waals surface area (Å²) in [6, 6.07) is 1.31. The fraction of sp³-hybridized carbons (Fsp3) is 1.00. The van der Waals surface area contributed by atoms with E-state index in [0.29, 0.717) is 0 Å². The highest BCUT2D eigenvalue weighted by Crippen LogP contribution is 2.21. The van der Waals surface area contributed by atoms with Gasteiger partial charge >= 0.3 is 0 Å². The molecule has 0 unspecified atom stereocenters. The second-order valence-corrected chi connectivity index (χ2v) is 24.5. The van der Waals surface area contributed by atoms with Crippen LogP contribution in [-0.2, 0) is 4.43 Å². The monoisotopic (exact) mass is 379 g/mol. The minimum Gasteiger partial charge on any atom is -0.418 e. The van der Waals surface area contributed by atoms with Gasteiger partial charge in [-0.05, 0) is 57.0 Å². The zero-order valence-electron chi connectivity index (χ0n) is 16.7. The lowest BCUT2D eigenvalue weighted by molar-refractivity contribution is 0.328. The summed E-state index contributed by atoms with van der Waals surface area (Å²) in [5.41, 5.74) is 0. The molecule has 22 heavy (non-hydrogen) atoms. The number of hydrogen-bond donors (Lipinski definition) is 0. The van der Waals surface area contributed by atoms with E-state index in [0.717, 1.165) is 6.61 Å². The van der Waals surface area contributed by atoms with Gasteiger partial charge in [-0.1, -0.05) is 39.3 Å². The highest BCUT2D eigenvalue weighted by molar-refractivity contribution is 7.99. The van der Waals surface area contributed by atoms with Crippen molar-refractivity contribution in [2.75, 3.05) is 24.7 Å². The fourth-order valence-electron chi connectivity index (χ4n) is 3.17. The van der Waals surface area contributed by atoms with Crippen molar-refractivity contribution >= 4 is 36.6 Å². The van der Waals surface area contributed by atoms with Crippen LogP contribution >= 0.6 is 11.8 Å². The molecule has 0 aromatic rings. The Morgan fingerprint density at radius 3 is 1.77 bits per heavy atom. The molecule has 6 heteroatoms. The molecule has 0 saturated heterocycles. The fourth-order valence-corrected chi connectivity index (χ4v) is 16.0. The maximum Gasteiger partial charge on any atom is 0.186 e. The number of hydrogen-bond acceptors (Lipinski definition) is 3. The zero-order valence-corrected chi connectivity index (χ0v) is 20.5. The van der Waals surface area contributed by atoms with Gasteiger partial charge in [0.2, 0.25) is 0 Å². The van der Waals surface area contributed by atoms with Crippen LogP contribution in [0.3, 0.4) is 0 Å². The summed E-state index contributed by atoms with van der Waals surface area (Å²) < 4.78 is 8.80. The van der Waals surface area contributed by atoms with Crippen LogP contribution < -0.4 is 0 Å². The zero-order chi connectivity index (χ0) is 17.4. The molecule has 0 fully saturated rings. The van der Waals surface area contributed by atoms with E-state index in [1.807, 2.05) is 0 Å². The largest absolute Gasteiger partial charge is 0.418 e. The number of nitrogens with zero attached hydrogens (tertiary/aromatic N) is 1. The molecule has 0 atom stereocenters. The van der Waals surface area contributed by atoms with Crippen molar-refractivity contribution < 1.29 is 4.43 Å². The molecule has 2 nitrogen and oxygen atoms in total. The average molecular weight is 380 g/mol. The highest BCUT2D eigenvalue weighted by atomic mass is 32.2. The summed E-state index contributed by atoms with van der Waals surface area (Å²) in [5.74, 6) is 2.63. The van der Waals surface area contributed by atoms with Crippen LogP contribution in [0.1, 0.15) is 19.8 Å². The summed E-state index contributed by atoms with van der Waals surface area (Å²) in [5, 5.41) is 0. The van der Waals surface area contributed by atoms with Crippen molar-refractivity contribution in [1.82, 2.24) is 4.23 Å². The predicted molar refractivity (Wildman–Crippen MR) is 114 cm³/mol. The second-order valence-electron chi connectivity index (χ2n) is 8.76. The Bertz CT molecular complexity index is 287. The average Bonchev–Trinajstić information content (AvgIpc) is 2.28. The molecule has 0 aliphatic rings. The Morgan fingerprint density at radius 1 is 0.818 bits per heavy atom. The summed E-state index contributed by atoms with van der Waals surface area (Å²) in [6.07, 6.45) is 2.68. The minimum absolute atomic E-state index is 0.885. The molecule has 0 aliphatic carbocycles. The van der Waals surface area contributed by atoms with E-state index in [-0.39, 0.29) is 0 Å². The lowest BCUT2D eigenvalue weighted by Gasteiger charge is -2.43. The Hall–Kier alpha value is 0.921. The van der Waals surface area contributed by atoms with Crippen molar-refractivity contribution in [3.8, 4) is 0 Å². The first-order valence-electron chi connectivity index (χ1n) is 8.89. The van der Waals surface area contributed by atoms with Crippen LogP contribution in [0.5, 0.6) is 0 Å². The molecular formula is C16H41NOSSi3. The van der Waals surface area contributed by atoms with E-state index in [2.05, 4.69) is 75.3 Å². The quantitative estimate of drug-likeness (QED) is 0.318. The standard InChI is InChI=1S/C16H41NOSSi3/c1-10-18-22(8,9)16-12-15-19-14-11-13-17(20(2,3)4)21(5,6)7/h10-16H2,1-9H3. The summed E-state index contributed by atoms with van der Waals surface area (Å²) >= 11 is 2.15. The molecule has 0 aromatic carbocycles. The Kier molecular flexibility index (Phi) is 10.5. The molecule has 0 amide bonds. The Labute approximate surface area is 148 Å². The smallest absolute Gasteiger partial charge is 0.186 e. The third-order valence-electron chi connectivity index (χ3n) is 3.89. The SMILES string of the molecule is CCO[Si](C)(C)CCCSCCCN([Si](C)(C)C)[Si](C)(C)C. The van der Waals surface area contributed by atoms with Gasteiger partial charge < -0.3 is 8.66 Å². The maximum atomic E-state index is 5.90. The summed E-state index contributed by atoms with van der Waals surface area (Å²) in [7, 11) is -3.66. The molecule has 0 rings (SSSR count). The molecule has 0 aliphatic heterocycles. The van der Waals surface area contributed by atoms with Gasteiger partial charge in [-0.2, -0.15) is 11.8 Å². The van der Waals surface area contributed by atoms with Crippen LogP contribution in [0.2, 0.25) is 58.4 Å². The van der Waals surface area contributed by atoms with Crippen LogP contribution in [0.4, 0.5) is 0 Å². The van der Waals surface area contributed by atoms with Gasteiger partial charge in [0, 0.05) is 6.61 Å². The van der Waals surface area contributed by atoms with Gasteiger partial charge in [-0.25, -0.2) is 0 Å². The van der Waals surface area contributed by atoms with Gasteiger partial charge in [0.1, 0.15) is 16.5 Å². The van der Waals surface area contributed by atoms with E-state index < -0.39 is 24.8 Å². The normalized spacial score (nSPS) is 13.9. The maximum absolute atomic E-state index is 5.90. The first kappa shape index (κ1) is 22.9. The third kappa shape index (κ3) is 10.6. The third-order valence-corrected chi connectivity index (χ3v) is 15.4. The van der Waals surface area contributed by atoms with Crippen molar-refractivity contribution in [1.29, 1.82) is 0 Å². The topological polar surface area (TPSA) is 12.5 Å². The van der Waals surface area contributed by atoms with Crippen molar-refractivity contribution in [3.63, 3.8) is 0 Å². The van der Waals surface area contributed by atoms with Crippen molar-refractivity contribution in [3.05, 3.63) is 0 Å². The van der Waals surface area contributed by atoms with Crippen LogP contribution in [-0.4, -0.2) is 53.7 Å². The highest BCUT2D eigenvalue weighted by Gasteiger charge is 2.33. The van der Waals surface area contributed by atoms with E-state index in [4.69, 9.17) is 4.43 Å². The first-order valence-corrected chi connectivity index (χ1v) is 20.1. The van der Waals surface area contributed by atoms with Gasteiger partial charge in [0.05, 0.1) is 0 Å². The van der Waals surface area contributed by atoms with Crippen molar-refractivity contribution in [2.24, 2.45) is 0 Å². The molecule has 0 spiro atoms. The lowest BCUT2D eigenvalue weighted by atomic mass is 10.5. The molecule has 0 heterocycles. The molecule has 0 bridgehead atoms. The molecule has 0 aromatic heterocycles.